The summed E-state index contributed by atoms with van der Waals surface area (Å²) in [6.07, 6.45) is 0. The topological polar surface area (TPSA) is 17.8 Å². The van der Waals surface area contributed by atoms with E-state index in [1.165, 1.54) is 19.2 Å². The number of benzene rings is 1. The van der Waals surface area contributed by atoms with E-state index < -0.39 is 0 Å². The van der Waals surface area contributed by atoms with Crippen molar-refractivity contribution < 1.29 is 0 Å². The van der Waals surface area contributed by atoms with E-state index in [2.05, 4.69) is 47.3 Å². The number of hydrogen-bond acceptors (Lipinski definition) is 1. The Morgan fingerprint density at radius 1 is 1.00 bits per heavy atom. The minimum absolute atomic E-state index is 1.03. The second-order valence-electron chi connectivity index (χ2n) is 4.00. The SMILES string of the molecule is [AlH][n]1nc(-c2ccccc2)cc1-c1ccccp1. The molecule has 0 aliphatic carbocycles. The van der Waals surface area contributed by atoms with Crippen molar-refractivity contribution >= 4 is 24.7 Å². The molecule has 2 nitrogen and oxygen atoms in total. The molecule has 1 aromatic carbocycles. The lowest BCUT2D eigenvalue weighted by atomic mass is 10.1. The first kappa shape index (κ1) is 11.7. The Morgan fingerprint density at radius 3 is 2.50 bits per heavy atom. The van der Waals surface area contributed by atoms with Gasteiger partial charge in [0.1, 0.15) is 0 Å². The standard InChI is InChI=1S/C14H10N2P.Al.H/c1-2-6-11(7-3-1)12-10-13(16-15-12)14-8-4-5-9-17-14;;/h1-10H;;/q-1;+1;. The van der Waals surface area contributed by atoms with Crippen LogP contribution < -0.4 is 0 Å². The maximum atomic E-state index is 4.60. The Labute approximate surface area is 116 Å². The zero-order valence-electron chi connectivity index (χ0n) is 9.82. The smallest absolute Gasteiger partial charge is 0.375 e. The van der Waals surface area contributed by atoms with Crippen molar-refractivity contribution in [2.24, 2.45) is 0 Å². The van der Waals surface area contributed by atoms with Gasteiger partial charge in [-0.1, -0.05) is 50.7 Å². The summed E-state index contributed by atoms with van der Waals surface area (Å²) in [4.78, 5) is 0. The van der Waals surface area contributed by atoms with Crippen LogP contribution in [0.25, 0.3) is 22.2 Å². The molecule has 3 aromatic rings. The fourth-order valence-corrected chi connectivity index (χ4v) is 3.26. The maximum absolute atomic E-state index is 4.60. The molecule has 0 atom stereocenters. The summed E-state index contributed by atoms with van der Waals surface area (Å²) < 4.78 is 1.98. The lowest BCUT2D eigenvalue weighted by Gasteiger charge is -2.00. The van der Waals surface area contributed by atoms with E-state index in [-0.39, 0.29) is 0 Å². The minimum Gasteiger partial charge on any atom is -0.375 e. The van der Waals surface area contributed by atoms with Crippen molar-refractivity contribution in [2.45, 2.75) is 0 Å². The van der Waals surface area contributed by atoms with E-state index in [1.54, 1.807) is 16.5 Å². The first-order valence-corrected chi connectivity index (χ1v) is 7.32. The summed E-state index contributed by atoms with van der Waals surface area (Å²) >= 11 is 1.78. The summed E-state index contributed by atoms with van der Waals surface area (Å²) in [6.45, 7) is 0. The van der Waals surface area contributed by atoms with Crippen LogP contribution in [0.4, 0.5) is 0 Å². The normalized spacial score (nSPS) is 10.9. The van der Waals surface area contributed by atoms with Crippen LogP contribution >= 0.6 is 8.19 Å². The van der Waals surface area contributed by atoms with Crippen molar-refractivity contribution in [3.8, 4) is 22.2 Å². The van der Waals surface area contributed by atoms with E-state index in [4.69, 9.17) is 0 Å². The molecule has 3 rings (SSSR count). The molecule has 0 N–H and O–H groups in total. The van der Waals surface area contributed by atoms with Crippen LogP contribution in [-0.2, 0) is 0 Å². The molecule has 0 saturated carbocycles. The minimum atomic E-state index is 1.03. The number of rotatable bonds is 2. The van der Waals surface area contributed by atoms with Gasteiger partial charge in [-0.05, 0) is 17.9 Å². The number of hydrogen-bond donors (Lipinski definition) is 0. The van der Waals surface area contributed by atoms with Crippen LogP contribution in [0.2, 0.25) is 0 Å². The fourth-order valence-electron chi connectivity index (χ4n) is 1.89. The van der Waals surface area contributed by atoms with Gasteiger partial charge in [0.25, 0.3) is 0 Å². The van der Waals surface area contributed by atoms with Gasteiger partial charge in [-0.2, -0.15) is 5.10 Å². The van der Waals surface area contributed by atoms with Gasteiger partial charge in [-0.15, -0.1) is 0 Å². The molecule has 1 radical (unpaired) electrons. The molecule has 85 valence electrons. The molecule has 0 fully saturated rings. The van der Waals surface area contributed by atoms with Crippen molar-refractivity contribution in [3.05, 3.63) is 60.4 Å². The van der Waals surface area contributed by atoms with E-state index in [0.717, 1.165) is 11.3 Å². The summed E-state index contributed by atoms with van der Waals surface area (Å²) in [7, 11) is 1.23. The van der Waals surface area contributed by atoms with Crippen LogP contribution in [0.3, 0.4) is 0 Å². The average molecular weight is 265 g/mol. The first-order valence-electron chi connectivity index (χ1n) is 5.72. The van der Waals surface area contributed by atoms with Gasteiger partial charge in [0.2, 0.25) is 0 Å². The molecule has 2 aromatic heterocycles. The molecule has 0 unspecified atom stereocenters. The Bertz CT molecular complexity index is 650. The summed E-state index contributed by atoms with van der Waals surface area (Å²) in [5.74, 6) is 2.15. The lowest BCUT2D eigenvalue weighted by Crippen LogP contribution is -1.95. The van der Waals surface area contributed by atoms with E-state index in [9.17, 15) is 0 Å². The van der Waals surface area contributed by atoms with Gasteiger partial charge in [-0.25, -0.2) is 0 Å². The summed E-state index contributed by atoms with van der Waals surface area (Å²) in [6, 6.07) is 18.7. The van der Waals surface area contributed by atoms with Gasteiger partial charge < -0.3 is 3.67 Å². The Morgan fingerprint density at radius 2 is 1.78 bits per heavy atom. The Kier molecular flexibility index (Phi) is 3.30. The summed E-state index contributed by atoms with van der Waals surface area (Å²) in [5.41, 5.74) is 3.39. The van der Waals surface area contributed by atoms with Gasteiger partial charge in [0, 0.05) is 16.6 Å². The highest BCUT2D eigenvalue weighted by atomic mass is 31.0. The molecule has 0 aliphatic heterocycles. The largest absolute Gasteiger partial charge is 0.381 e. The first-order chi connectivity index (χ1) is 8.84. The van der Waals surface area contributed by atoms with Crippen LogP contribution in [0.15, 0.2) is 60.4 Å². The highest BCUT2D eigenvalue weighted by molar-refractivity contribution is 7.33. The van der Waals surface area contributed by atoms with E-state index >= 15 is 0 Å². The fraction of sp³-hybridized carbons (Fsp3) is 0. The molecule has 0 spiro atoms. The molecule has 4 heteroatoms. The zero-order valence-corrected chi connectivity index (χ0v) is 12.1. The second-order valence-corrected chi connectivity index (χ2v) is 5.63. The van der Waals surface area contributed by atoms with Gasteiger partial charge in [-0.3, -0.25) is 0 Å². The van der Waals surface area contributed by atoms with Crippen LogP contribution in [-0.4, -0.2) is 25.3 Å². The lowest BCUT2D eigenvalue weighted by molar-refractivity contribution is 1.00. The third-order valence-electron chi connectivity index (χ3n) is 2.78. The molecule has 0 aliphatic rings. The van der Waals surface area contributed by atoms with E-state index in [0.29, 0.717) is 0 Å². The van der Waals surface area contributed by atoms with Gasteiger partial charge in [0.05, 0.1) is 5.69 Å². The quantitative estimate of drug-likeness (QED) is 0.649. The Hall–Kier alpha value is -1.39. The average Bonchev–Trinajstić information content (AvgIpc) is 2.83. The van der Waals surface area contributed by atoms with Crippen LogP contribution in [0.1, 0.15) is 0 Å². The third-order valence-corrected chi connectivity index (χ3v) is 4.24. The zero-order chi connectivity index (χ0) is 12.4. The Balaban J connectivity index is 2.07. The summed E-state index contributed by atoms with van der Waals surface area (Å²) in [5, 5.41) is 5.90. The maximum Gasteiger partial charge on any atom is 0.381 e. The molecular weight excluding hydrogens is 254 g/mol. The van der Waals surface area contributed by atoms with Crippen LogP contribution in [0.5, 0.6) is 0 Å². The molecular formula is C14H11AlN2P. The monoisotopic (exact) mass is 265 g/mol. The molecule has 18 heavy (non-hydrogen) atoms. The van der Waals surface area contributed by atoms with Gasteiger partial charge in [0.15, 0.2) is 0 Å². The molecule has 0 amide bonds. The molecule has 0 saturated heterocycles. The van der Waals surface area contributed by atoms with Crippen molar-refractivity contribution in [2.75, 3.05) is 0 Å². The van der Waals surface area contributed by atoms with Crippen molar-refractivity contribution in [1.29, 1.82) is 0 Å². The molecule has 0 bridgehead atoms. The third kappa shape index (κ3) is 2.26. The number of aromatic nitrogens is 2. The second kappa shape index (κ2) is 5.08. The van der Waals surface area contributed by atoms with Gasteiger partial charge >= 0.3 is 16.5 Å². The predicted octanol–water partition coefficient (Wildman–Crippen LogP) is 3.46. The van der Waals surface area contributed by atoms with Crippen molar-refractivity contribution in [3.63, 3.8) is 0 Å². The van der Waals surface area contributed by atoms with Crippen molar-refractivity contribution in [1.82, 2.24) is 8.76 Å². The molecule has 2 heterocycles. The highest BCUT2D eigenvalue weighted by Gasteiger charge is 2.07. The number of nitrogens with zero attached hydrogens (tertiary/aromatic N) is 2. The predicted molar refractivity (Wildman–Crippen MR) is 78.2 cm³/mol. The van der Waals surface area contributed by atoms with Crippen LogP contribution in [0, 0.1) is 0 Å². The van der Waals surface area contributed by atoms with E-state index in [1.807, 2.05) is 21.9 Å². The highest BCUT2D eigenvalue weighted by Crippen LogP contribution is 2.29.